The van der Waals surface area contributed by atoms with Gasteiger partial charge < -0.3 is 16.2 Å². The molecular formula is C16H24N2O2. The summed E-state index contributed by atoms with van der Waals surface area (Å²) in [4.78, 5) is 12.0. The Morgan fingerprint density at radius 2 is 2.00 bits per heavy atom. The first-order valence-electron chi connectivity index (χ1n) is 7.42. The molecule has 0 aliphatic heterocycles. The fourth-order valence-corrected chi connectivity index (χ4v) is 2.75. The summed E-state index contributed by atoms with van der Waals surface area (Å²) in [6, 6.07) is 9.24. The first kappa shape index (κ1) is 15.0. The van der Waals surface area contributed by atoms with Crippen molar-refractivity contribution in [3.05, 3.63) is 35.9 Å². The monoisotopic (exact) mass is 276 g/mol. The summed E-state index contributed by atoms with van der Waals surface area (Å²) in [6.07, 6.45) is 4.30. The molecule has 1 fully saturated rings. The molecule has 1 aliphatic carbocycles. The molecule has 1 amide bonds. The van der Waals surface area contributed by atoms with Gasteiger partial charge in [-0.1, -0.05) is 43.2 Å². The molecular weight excluding hydrogens is 252 g/mol. The molecule has 110 valence electrons. The van der Waals surface area contributed by atoms with Crippen LogP contribution in [0.15, 0.2) is 30.3 Å². The van der Waals surface area contributed by atoms with Crippen LogP contribution >= 0.6 is 0 Å². The Labute approximate surface area is 120 Å². The summed E-state index contributed by atoms with van der Waals surface area (Å²) in [7, 11) is 0. The molecule has 0 spiro atoms. The van der Waals surface area contributed by atoms with E-state index in [0.29, 0.717) is 13.0 Å². The first-order valence-corrected chi connectivity index (χ1v) is 7.42. The van der Waals surface area contributed by atoms with Gasteiger partial charge in [0, 0.05) is 12.5 Å². The third-order valence-electron chi connectivity index (χ3n) is 4.04. The summed E-state index contributed by atoms with van der Waals surface area (Å²) in [5.74, 6) is 0.0447. The second kappa shape index (κ2) is 7.41. The van der Waals surface area contributed by atoms with Gasteiger partial charge in [0.25, 0.3) is 0 Å². The topological polar surface area (TPSA) is 75.4 Å². The maximum atomic E-state index is 12.0. The molecule has 2 unspecified atom stereocenters. The average Bonchev–Trinajstić information content (AvgIpc) is 2.47. The lowest BCUT2D eigenvalue weighted by molar-refractivity contribution is -0.122. The van der Waals surface area contributed by atoms with E-state index in [2.05, 4.69) is 5.32 Å². The molecule has 1 aliphatic rings. The Bertz CT molecular complexity index is 422. The van der Waals surface area contributed by atoms with Crippen LogP contribution in [-0.2, 0) is 11.2 Å². The van der Waals surface area contributed by atoms with Crippen LogP contribution in [0.25, 0.3) is 0 Å². The van der Waals surface area contributed by atoms with Gasteiger partial charge in [-0.2, -0.15) is 0 Å². The van der Waals surface area contributed by atoms with Gasteiger partial charge in [-0.05, 0) is 24.8 Å². The molecule has 1 aromatic rings. The highest BCUT2D eigenvalue weighted by molar-refractivity contribution is 5.81. The minimum absolute atomic E-state index is 0.133. The fourth-order valence-electron chi connectivity index (χ4n) is 2.75. The van der Waals surface area contributed by atoms with E-state index < -0.39 is 6.04 Å². The molecule has 0 aromatic heterocycles. The highest BCUT2D eigenvalue weighted by atomic mass is 16.3. The molecule has 2 rings (SSSR count). The molecule has 0 bridgehead atoms. The Hall–Kier alpha value is -1.39. The largest absolute Gasteiger partial charge is 0.393 e. The fraction of sp³-hybridized carbons (Fsp3) is 0.562. The molecule has 0 heterocycles. The molecule has 4 N–H and O–H groups in total. The highest BCUT2D eigenvalue weighted by Crippen LogP contribution is 2.23. The second-order valence-corrected chi connectivity index (χ2v) is 5.65. The van der Waals surface area contributed by atoms with Crippen molar-refractivity contribution in [2.45, 2.75) is 44.2 Å². The molecule has 3 atom stereocenters. The Morgan fingerprint density at radius 1 is 1.30 bits per heavy atom. The highest BCUT2D eigenvalue weighted by Gasteiger charge is 2.24. The molecule has 20 heavy (non-hydrogen) atoms. The first-order chi connectivity index (χ1) is 9.66. The summed E-state index contributed by atoms with van der Waals surface area (Å²) in [6.45, 7) is 0.530. The maximum Gasteiger partial charge on any atom is 0.237 e. The lowest BCUT2D eigenvalue weighted by atomic mass is 9.86. The zero-order valence-corrected chi connectivity index (χ0v) is 11.8. The number of benzene rings is 1. The van der Waals surface area contributed by atoms with Gasteiger partial charge >= 0.3 is 0 Å². The third-order valence-corrected chi connectivity index (χ3v) is 4.04. The predicted octanol–water partition coefficient (Wildman–Crippen LogP) is 1.22. The van der Waals surface area contributed by atoms with Crippen LogP contribution in [0.1, 0.15) is 31.2 Å². The number of amides is 1. The molecule has 4 heteroatoms. The average molecular weight is 276 g/mol. The summed E-state index contributed by atoms with van der Waals surface area (Å²) in [5, 5.41) is 12.8. The number of carbonyl (C=O) groups excluding carboxylic acids is 1. The van der Waals surface area contributed by atoms with Crippen molar-refractivity contribution in [2.24, 2.45) is 11.7 Å². The van der Waals surface area contributed by atoms with E-state index in [1.807, 2.05) is 30.3 Å². The number of aliphatic hydroxyl groups is 1. The van der Waals surface area contributed by atoms with E-state index in [9.17, 15) is 9.90 Å². The van der Waals surface area contributed by atoms with Crippen LogP contribution in [0, 0.1) is 5.92 Å². The van der Waals surface area contributed by atoms with E-state index in [-0.39, 0.29) is 17.9 Å². The van der Waals surface area contributed by atoms with E-state index in [1.165, 1.54) is 0 Å². The van der Waals surface area contributed by atoms with Gasteiger partial charge in [0.15, 0.2) is 0 Å². The standard InChI is InChI=1S/C16H24N2O2/c17-14(10-12-6-2-1-3-7-12)16(20)18-11-13-8-4-5-9-15(13)19/h1-3,6-7,13-15,19H,4-5,8-11,17H2,(H,18,20)/t13?,14-,15?/m0/s1. The minimum Gasteiger partial charge on any atom is -0.393 e. The van der Waals surface area contributed by atoms with Crippen molar-refractivity contribution in [2.75, 3.05) is 6.54 Å². The van der Waals surface area contributed by atoms with Crippen molar-refractivity contribution >= 4 is 5.91 Å². The van der Waals surface area contributed by atoms with Gasteiger partial charge in [-0.25, -0.2) is 0 Å². The quantitative estimate of drug-likeness (QED) is 0.757. The molecule has 0 saturated heterocycles. The number of hydrogen-bond donors (Lipinski definition) is 3. The van der Waals surface area contributed by atoms with Crippen LogP contribution in [0.5, 0.6) is 0 Å². The number of nitrogens with one attached hydrogen (secondary N) is 1. The SMILES string of the molecule is N[C@@H](Cc1ccccc1)C(=O)NCC1CCCCC1O. The van der Waals surface area contributed by atoms with Crippen LogP contribution in [0.3, 0.4) is 0 Å². The van der Waals surface area contributed by atoms with Crippen LogP contribution in [0.2, 0.25) is 0 Å². The lowest BCUT2D eigenvalue weighted by Crippen LogP contribution is -2.45. The van der Waals surface area contributed by atoms with Gasteiger partial charge in [-0.15, -0.1) is 0 Å². The van der Waals surface area contributed by atoms with E-state index >= 15 is 0 Å². The van der Waals surface area contributed by atoms with E-state index in [4.69, 9.17) is 5.73 Å². The number of carbonyl (C=O) groups is 1. The zero-order valence-electron chi connectivity index (χ0n) is 11.8. The minimum atomic E-state index is -0.530. The summed E-state index contributed by atoms with van der Waals surface area (Å²) >= 11 is 0. The van der Waals surface area contributed by atoms with Gasteiger partial charge in [0.1, 0.15) is 0 Å². The van der Waals surface area contributed by atoms with Crippen molar-refractivity contribution in [1.29, 1.82) is 0 Å². The predicted molar refractivity (Wildman–Crippen MR) is 79.1 cm³/mol. The molecule has 0 radical (unpaired) electrons. The van der Waals surface area contributed by atoms with Gasteiger partial charge in [-0.3, -0.25) is 4.79 Å². The zero-order chi connectivity index (χ0) is 14.4. The summed E-state index contributed by atoms with van der Waals surface area (Å²) < 4.78 is 0. The van der Waals surface area contributed by atoms with Crippen LogP contribution in [-0.4, -0.2) is 29.7 Å². The van der Waals surface area contributed by atoms with Crippen LogP contribution < -0.4 is 11.1 Å². The van der Waals surface area contributed by atoms with Gasteiger partial charge in [0.05, 0.1) is 12.1 Å². The maximum absolute atomic E-state index is 12.0. The van der Waals surface area contributed by atoms with Gasteiger partial charge in [0.2, 0.25) is 5.91 Å². The number of rotatable bonds is 5. The van der Waals surface area contributed by atoms with Crippen LogP contribution in [0.4, 0.5) is 0 Å². The Morgan fingerprint density at radius 3 is 2.70 bits per heavy atom. The second-order valence-electron chi connectivity index (χ2n) is 5.65. The Balaban J connectivity index is 1.76. The number of hydrogen-bond acceptors (Lipinski definition) is 3. The molecule has 4 nitrogen and oxygen atoms in total. The third kappa shape index (κ3) is 4.32. The van der Waals surface area contributed by atoms with Crippen molar-refractivity contribution in [3.63, 3.8) is 0 Å². The molecule has 1 saturated carbocycles. The normalized spacial score (nSPS) is 24.1. The lowest BCUT2D eigenvalue weighted by Gasteiger charge is -2.28. The van der Waals surface area contributed by atoms with Crippen molar-refractivity contribution in [1.82, 2.24) is 5.32 Å². The smallest absolute Gasteiger partial charge is 0.237 e. The summed E-state index contributed by atoms with van der Waals surface area (Å²) in [5.41, 5.74) is 6.99. The Kier molecular flexibility index (Phi) is 5.56. The van der Waals surface area contributed by atoms with E-state index in [1.54, 1.807) is 0 Å². The van der Waals surface area contributed by atoms with Crippen molar-refractivity contribution in [3.8, 4) is 0 Å². The molecule has 1 aromatic carbocycles. The van der Waals surface area contributed by atoms with Crippen molar-refractivity contribution < 1.29 is 9.90 Å². The number of aliphatic hydroxyl groups excluding tert-OH is 1. The van der Waals surface area contributed by atoms with E-state index in [0.717, 1.165) is 31.2 Å². The number of nitrogens with two attached hydrogens (primary N) is 1.